The highest BCUT2D eigenvalue weighted by Gasteiger charge is 2.30. The fourth-order valence-electron chi connectivity index (χ4n) is 3.50. The number of methoxy groups -OCH3 is 1. The molecule has 1 atom stereocenters. The average Bonchev–Trinajstić information content (AvgIpc) is 2.63. The van der Waals surface area contributed by atoms with Crippen molar-refractivity contribution in [2.24, 2.45) is 0 Å². The Balaban J connectivity index is 2.40. The molecule has 0 heterocycles. The fourth-order valence-corrected chi connectivity index (χ4v) is 5.57. The molecule has 0 aliphatic rings. The van der Waals surface area contributed by atoms with Crippen molar-refractivity contribution in [1.82, 2.24) is 4.31 Å². The first kappa shape index (κ1) is 22.2. The number of sulfonamides is 1. The van der Waals surface area contributed by atoms with Crippen molar-refractivity contribution in [2.45, 2.75) is 52.0 Å². The molecule has 2 rings (SSSR count). The molecule has 2 aromatic rings. The first-order valence-corrected chi connectivity index (χ1v) is 11.1. The Morgan fingerprint density at radius 2 is 1.71 bits per heavy atom. The predicted octanol–water partition coefficient (Wildman–Crippen LogP) is 5.12. The number of hydrogen-bond acceptors (Lipinski definition) is 3. The van der Waals surface area contributed by atoms with Crippen LogP contribution in [-0.2, 0) is 10.0 Å². The lowest BCUT2D eigenvalue weighted by atomic mass is 10.1. The molecule has 0 amide bonds. The quantitative estimate of drug-likeness (QED) is 0.616. The molecule has 0 N–H and O–H groups in total. The van der Waals surface area contributed by atoms with Crippen LogP contribution in [0, 0.1) is 20.8 Å². The average molecular weight is 402 g/mol. The predicted molar refractivity (Wildman–Crippen MR) is 116 cm³/mol. The highest BCUT2D eigenvalue weighted by Crippen LogP contribution is 2.27. The first-order chi connectivity index (χ1) is 13.2. The van der Waals surface area contributed by atoms with Gasteiger partial charge in [-0.25, -0.2) is 8.42 Å². The van der Waals surface area contributed by atoms with Crippen LogP contribution >= 0.6 is 0 Å². The summed E-state index contributed by atoms with van der Waals surface area (Å²) in [5.74, 6) is 0.766. The maximum atomic E-state index is 13.5. The van der Waals surface area contributed by atoms with Crippen molar-refractivity contribution in [3.8, 4) is 5.75 Å². The van der Waals surface area contributed by atoms with Crippen LogP contribution in [0.15, 0.2) is 47.4 Å². The molecule has 0 fully saturated rings. The Hall–Kier alpha value is -2.11. The van der Waals surface area contributed by atoms with Gasteiger partial charge in [0.2, 0.25) is 10.0 Å². The molecule has 0 saturated heterocycles. The molecule has 0 radical (unpaired) electrons. The van der Waals surface area contributed by atoms with Gasteiger partial charge in [-0.05, 0) is 51.3 Å². The van der Waals surface area contributed by atoms with Crippen LogP contribution in [0.25, 0.3) is 6.08 Å². The third kappa shape index (κ3) is 4.83. The Labute approximate surface area is 169 Å². The molecule has 0 bridgehead atoms. The van der Waals surface area contributed by atoms with E-state index in [1.165, 1.54) is 0 Å². The zero-order chi connectivity index (χ0) is 20.9. The second-order valence-electron chi connectivity index (χ2n) is 7.20. The Bertz CT molecular complexity index is 925. The van der Waals surface area contributed by atoms with E-state index in [1.807, 2.05) is 83.2 Å². The third-order valence-electron chi connectivity index (χ3n) is 4.98. The summed E-state index contributed by atoms with van der Waals surface area (Å²) in [5.41, 5.74) is 3.58. The number of hydrogen-bond donors (Lipinski definition) is 0. The van der Waals surface area contributed by atoms with E-state index in [1.54, 1.807) is 11.4 Å². The van der Waals surface area contributed by atoms with Crippen molar-refractivity contribution in [1.29, 1.82) is 0 Å². The lowest BCUT2D eigenvalue weighted by Crippen LogP contribution is -2.39. The van der Waals surface area contributed by atoms with E-state index < -0.39 is 10.0 Å². The van der Waals surface area contributed by atoms with Crippen molar-refractivity contribution in [3.05, 3.63) is 64.7 Å². The van der Waals surface area contributed by atoms with Crippen LogP contribution in [0.2, 0.25) is 0 Å². The molecule has 0 spiro atoms. The number of aryl methyl sites for hydroxylation is 3. The van der Waals surface area contributed by atoms with Gasteiger partial charge in [0, 0.05) is 18.2 Å². The van der Waals surface area contributed by atoms with Gasteiger partial charge < -0.3 is 4.74 Å². The van der Waals surface area contributed by atoms with Gasteiger partial charge in [-0.1, -0.05) is 55.0 Å². The van der Waals surface area contributed by atoms with Gasteiger partial charge in [-0.2, -0.15) is 4.31 Å². The zero-order valence-electron chi connectivity index (χ0n) is 17.7. The molecular formula is C23H31NO3S. The van der Waals surface area contributed by atoms with E-state index in [4.69, 9.17) is 4.74 Å². The van der Waals surface area contributed by atoms with Crippen molar-refractivity contribution in [3.63, 3.8) is 0 Å². The summed E-state index contributed by atoms with van der Waals surface area (Å²) >= 11 is 0. The minimum atomic E-state index is -3.61. The molecule has 5 heteroatoms. The molecule has 4 nitrogen and oxygen atoms in total. The first-order valence-electron chi connectivity index (χ1n) is 9.61. The van der Waals surface area contributed by atoms with Crippen LogP contribution in [0.3, 0.4) is 0 Å². The number of benzene rings is 2. The Morgan fingerprint density at radius 1 is 1.11 bits per heavy atom. The second kappa shape index (κ2) is 9.39. The molecule has 28 heavy (non-hydrogen) atoms. The second-order valence-corrected chi connectivity index (χ2v) is 9.03. The van der Waals surface area contributed by atoms with E-state index in [0.29, 0.717) is 11.4 Å². The van der Waals surface area contributed by atoms with Gasteiger partial charge in [0.15, 0.2) is 0 Å². The largest absolute Gasteiger partial charge is 0.496 e. The molecule has 1 unspecified atom stereocenters. The molecule has 0 saturated carbocycles. The van der Waals surface area contributed by atoms with Crippen LogP contribution < -0.4 is 4.74 Å². The van der Waals surface area contributed by atoms with Crippen molar-refractivity contribution in [2.75, 3.05) is 13.7 Å². The minimum Gasteiger partial charge on any atom is -0.496 e. The van der Waals surface area contributed by atoms with Crippen molar-refractivity contribution >= 4 is 16.1 Å². The summed E-state index contributed by atoms with van der Waals surface area (Å²) in [7, 11) is -1.98. The molecule has 2 aromatic carbocycles. The highest BCUT2D eigenvalue weighted by atomic mass is 32.2. The summed E-state index contributed by atoms with van der Waals surface area (Å²) in [6, 6.07) is 11.4. The molecule has 0 aliphatic heterocycles. The number of nitrogens with zero attached hydrogens (tertiary/aromatic N) is 1. The SMILES string of the molecule is CCC(C)N(C/C=C/c1ccccc1OC)S(=O)(=O)c1c(C)cc(C)cc1C. The van der Waals surface area contributed by atoms with E-state index in [9.17, 15) is 8.42 Å². The summed E-state index contributed by atoms with van der Waals surface area (Å²) < 4.78 is 34.0. The van der Waals surface area contributed by atoms with Crippen molar-refractivity contribution < 1.29 is 13.2 Å². The third-order valence-corrected chi connectivity index (χ3v) is 7.26. The summed E-state index contributed by atoms with van der Waals surface area (Å²) in [4.78, 5) is 0.420. The monoisotopic (exact) mass is 401 g/mol. The summed E-state index contributed by atoms with van der Waals surface area (Å²) in [6.45, 7) is 9.99. The zero-order valence-corrected chi connectivity index (χ0v) is 18.5. The lowest BCUT2D eigenvalue weighted by molar-refractivity contribution is 0.354. The van der Waals surface area contributed by atoms with E-state index in [2.05, 4.69) is 0 Å². The minimum absolute atomic E-state index is 0.104. The lowest BCUT2D eigenvalue weighted by Gasteiger charge is -2.28. The number of rotatable bonds is 8. The smallest absolute Gasteiger partial charge is 0.244 e. The Morgan fingerprint density at radius 3 is 2.29 bits per heavy atom. The van der Waals surface area contributed by atoms with Gasteiger partial charge in [-0.3, -0.25) is 0 Å². The number of ether oxygens (including phenoxy) is 1. The van der Waals surface area contributed by atoms with E-state index >= 15 is 0 Å². The van der Waals surface area contributed by atoms with Crippen LogP contribution in [0.4, 0.5) is 0 Å². The van der Waals surface area contributed by atoms with Crippen LogP contribution in [0.1, 0.15) is 42.5 Å². The van der Waals surface area contributed by atoms with Gasteiger partial charge in [-0.15, -0.1) is 0 Å². The Kier molecular flexibility index (Phi) is 7.44. The van der Waals surface area contributed by atoms with Gasteiger partial charge in [0.05, 0.1) is 12.0 Å². The van der Waals surface area contributed by atoms with Gasteiger partial charge >= 0.3 is 0 Å². The van der Waals surface area contributed by atoms with E-state index in [-0.39, 0.29) is 6.04 Å². The standard InChI is InChI=1S/C23H31NO3S/c1-7-20(5)24(14-10-12-21-11-8-9-13-22(21)27-6)28(25,26)23-18(3)15-17(2)16-19(23)4/h8-13,15-16,20H,7,14H2,1-6H3/b12-10+. The topological polar surface area (TPSA) is 46.6 Å². The fraction of sp³-hybridized carbons (Fsp3) is 0.391. The molecular weight excluding hydrogens is 370 g/mol. The molecule has 0 aliphatic carbocycles. The van der Waals surface area contributed by atoms with E-state index in [0.717, 1.165) is 34.4 Å². The molecule has 0 aromatic heterocycles. The normalized spacial score (nSPS) is 13.2. The summed E-state index contributed by atoms with van der Waals surface area (Å²) in [6.07, 6.45) is 4.55. The van der Waals surface area contributed by atoms with Gasteiger partial charge in [0.25, 0.3) is 0 Å². The van der Waals surface area contributed by atoms with Crippen LogP contribution in [0.5, 0.6) is 5.75 Å². The molecule has 152 valence electrons. The number of para-hydroxylation sites is 1. The highest BCUT2D eigenvalue weighted by molar-refractivity contribution is 7.89. The maximum Gasteiger partial charge on any atom is 0.244 e. The summed E-state index contributed by atoms with van der Waals surface area (Å²) in [5, 5.41) is 0. The van der Waals surface area contributed by atoms with Crippen LogP contribution in [-0.4, -0.2) is 32.4 Å². The maximum absolute atomic E-state index is 13.5. The van der Waals surface area contributed by atoms with Gasteiger partial charge in [0.1, 0.15) is 5.75 Å².